The van der Waals surface area contributed by atoms with Crippen molar-refractivity contribution in [3.8, 4) is 0 Å². The third kappa shape index (κ3) is 1.95. The largest absolute Gasteiger partial charge is 0.349 e. The lowest BCUT2D eigenvalue weighted by molar-refractivity contribution is 0.0950. The number of carbonyl (C=O) groups is 1. The number of benzene rings is 1. The summed E-state index contributed by atoms with van der Waals surface area (Å²) in [6.45, 7) is 0. The Hall–Kier alpha value is -0.900. The molecule has 74 valence electrons. The van der Waals surface area contributed by atoms with Gasteiger partial charge in [0.25, 0.3) is 5.91 Å². The predicted octanol–water partition coefficient (Wildman–Crippen LogP) is 2.48. The van der Waals surface area contributed by atoms with Crippen molar-refractivity contribution in [3.05, 3.63) is 34.1 Å². The fraction of sp³-hybridized carbons (Fsp3) is 0.300. The van der Waals surface area contributed by atoms with E-state index in [1.807, 2.05) is 0 Å². The molecule has 1 aliphatic carbocycles. The summed E-state index contributed by atoms with van der Waals surface area (Å²) >= 11 is 3.06. The first-order chi connectivity index (χ1) is 6.68. The lowest BCUT2D eigenvalue weighted by Gasteiger charge is -2.05. The zero-order valence-electron chi connectivity index (χ0n) is 7.39. The molecule has 0 radical (unpaired) electrons. The van der Waals surface area contributed by atoms with Gasteiger partial charge < -0.3 is 5.32 Å². The number of carbonyl (C=O) groups excluding carboxylic acids is 1. The molecule has 2 nitrogen and oxygen atoms in total. The monoisotopic (exact) mass is 257 g/mol. The molecule has 14 heavy (non-hydrogen) atoms. The number of halogens is 2. The number of hydrogen-bond donors (Lipinski definition) is 1. The molecule has 0 atom stereocenters. The molecular weight excluding hydrogens is 249 g/mol. The van der Waals surface area contributed by atoms with E-state index < -0.39 is 5.82 Å². The second-order valence-electron chi connectivity index (χ2n) is 3.35. The number of nitrogens with one attached hydrogen (secondary N) is 1. The van der Waals surface area contributed by atoms with Crippen LogP contribution in [0.2, 0.25) is 0 Å². The second-order valence-corrected chi connectivity index (χ2v) is 4.14. The third-order valence-corrected chi connectivity index (χ3v) is 2.91. The lowest BCUT2D eigenvalue weighted by Crippen LogP contribution is -2.25. The summed E-state index contributed by atoms with van der Waals surface area (Å²) in [5.74, 6) is -0.618. The minimum Gasteiger partial charge on any atom is -0.349 e. The van der Waals surface area contributed by atoms with Crippen LogP contribution in [0.15, 0.2) is 22.7 Å². The summed E-state index contributed by atoms with van der Waals surface area (Å²) in [6, 6.07) is 4.74. The molecule has 0 aromatic heterocycles. The Kier molecular flexibility index (Phi) is 2.54. The number of amides is 1. The van der Waals surface area contributed by atoms with Gasteiger partial charge in [-0.15, -0.1) is 0 Å². The van der Waals surface area contributed by atoms with Crippen LogP contribution in [0.1, 0.15) is 23.2 Å². The predicted molar refractivity (Wildman–Crippen MR) is 54.6 cm³/mol. The molecule has 1 amide bonds. The third-order valence-electron chi connectivity index (χ3n) is 2.11. The van der Waals surface area contributed by atoms with E-state index in [-0.39, 0.29) is 16.4 Å². The first-order valence-corrected chi connectivity index (χ1v) is 5.22. The Morgan fingerprint density at radius 2 is 2.21 bits per heavy atom. The van der Waals surface area contributed by atoms with Gasteiger partial charge in [-0.05, 0) is 40.9 Å². The van der Waals surface area contributed by atoms with Crippen LogP contribution in [0.3, 0.4) is 0 Å². The summed E-state index contributed by atoms with van der Waals surface area (Å²) in [5, 5.41) is 2.80. The van der Waals surface area contributed by atoms with Crippen LogP contribution in [-0.4, -0.2) is 11.9 Å². The van der Waals surface area contributed by atoms with Crippen molar-refractivity contribution in [3.63, 3.8) is 0 Å². The Morgan fingerprint density at radius 3 is 2.86 bits per heavy atom. The summed E-state index contributed by atoms with van der Waals surface area (Å²) in [4.78, 5) is 11.6. The van der Waals surface area contributed by atoms with Gasteiger partial charge in [0.2, 0.25) is 0 Å². The van der Waals surface area contributed by atoms with Crippen LogP contribution < -0.4 is 5.32 Å². The first-order valence-electron chi connectivity index (χ1n) is 4.43. The van der Waals surface area contributed by atoms with Gasteiger partial charge in [-0.2, -0.15) is 0 Å². The van der Waals surface area contributed by atoms with E-state index >= 15 is 0 Å². The van der Waals surface area contributed by atoms with Crippen LogP contribution >= 0.6 is 15.9 Å². The molecule has 1 fully saturated rings. The second kappa shape index (κ2) is 3.69. The van der Waals surface area contributed by atoms with Gasteiger partial charge in [0.1, 0.15) is 5.82 Å². The van der Waals surface area contributed by atoms with E-state index in [0.29, 0.717) is 5.56 Å². The number of rotatable bonds is 2. The van der Waals surface area contributed by atoms with E-state index in [0.717, 1.165) is 12.8 Å². The Bertz CT molecular complexity index is 376. The zero-order chi connectivity index (χ0) is 10.1. The molecule has 0 bridgehead atoms. The highest BCUT2D eigenvalue weighted by Crippen LogP contribution is 2.23. The average molecular weight is 258 g/mol. The van der Waals surface area contributed by atoms with Gasteiger partial charge in [-0.1, -0.05) is 6.07 Å². The lowest BCUT2D eigenvalue weighted by atomic mass is 10.2. The summed E-state index contributed by atoms with van der Waals surface area (Å²) in [6.07, 6.45) is 2.05. The topological polar surface area (TPSA) is 29.1 Å². The van der Waals surface area contributed by atoms with Gasteiger partial charge >= 0.3 is 0 Å². The highest BCUT2D eigenvalue weighted by atomic mass is 79.9. The standard InChI is InChI=1S/C10H9BrFNO/c11-9-7(2-1-3-8(9)12)10(14)13-6-4-5-6/h1-3,6H,4-5H2,(H,13,14). The number of hydrogen-bond acceptors (Lipinski definition) is 1. The van der Waals surface area contributed by atoms with Crippen LogP contribution in [0, 0.1) is 5.82 Å². The van der Waals surface area contributed by atoms with Crippen molar-refractivity contribution in [2.45, 2.75) is 18.9 Å². The molecule has 0 saturated heterocycles. The fourth-order valence-corrected chi connectivity index (χ4v) is 1.61. The maximum atomic E-state index is 13.1. The van der Waals surface area contributed by atoms with Crippen molar-refractivity contribution in [2.75, 3.05) is 0 Å². The molecule has 0 unspecified atom stereocenters. The van der Waals surface area contributed by atoms with Crippen molar-refractivity contribution in [1.29, 1.82) is 0 Å². The molecular formula is C10H9BrFNO. The minimum atomic E-state index is -0.409. The van der Waals surface area contributed by atoms with E-state index in [1.165, 1.54) is 12.1 Å². The first kappa shape index (κ1) is 9.65. The van der Waals surface area contributed by atoms with Crippen LogP contribution in [0.5, 0.6) is 0 Å². The van der Waals surface area contributed by atoms with Crippen LogP contribution in [0.4, 0.5) is 4.39 Å². The Balaban J connectivity index is 2.21. The summed E-state index contributed by atoms with van der Waals surface area (Å²) in [7, 11) is 0. The van der Waals surface area contributed by atoms with E-state index in [4.69, 9.17) is 0 Å². The maximum Gasteiger partial charge on any atom is 0.252 e. The average Bonchev–Trinajstić information content (AvgIpc) is 2.93. The van der Waals surface area contributed by atoms with Gasteiger partial charge in [-0.3, -0.25) is 4.79 Å². The Morgan fingerprint density at radius 1 is 1.50 bits per heavy atom. The SMILES string of the molecule is O=C(NC1CC1)c1cccc(F)c1Br. The van der Waals surface area contributed by atoms with Crippen molar-refractivity contribution in [1.82, 2.24) is 5.32 Å². The molecule has 4 heteroatoms. The summed E-state index contributed by atoms with van der Waals surface area (Å²) in [5.41, 5.74) is 0.358. The molecule has 0 spiro atoms. The molecule has 1 aromatic carbocycles. The minimum absolute atomic E-state index is 0.209. The molecule has 0 aliphatic heterocycles. The van der Waals surface area contributed by atoms with Crippen LogP contribution in [0.25, 0.3) is 0 Å². The normalized spacial score (nSPS) is 15.3. The molecule has 1 saturated carbocycles. The maximum absolute atomic E-state index is 13.1. The van der Waals surface area contributed by atoms with Gasteiger partial charge in [0, 0.05) is 6.04 Å². The Labute approximate surface area is 89.6 Å². The van der Waals surface area contributed by atoms with Crippen molar-refractivity contribution >= 4 is 21.8 Å². The van der Waals surface area contributed by atoms with Gasteiger partial charge in [0.05, 0.1) is 10.0 Å². The molecule has 0 heterocycles. The van der Waals surface area contributed by atoms with E-state index in [9.17, 15) is 9.18 Å². The van der Waals surface area contributed by atoms with E-state index in [2.05, 4.69) is 21.2 Å². The molecule has 1 N–H and O–H groups in total. The molecule has 1 aromatic rings. The zero-order valence-corrected chi connectivity index (χ0v) is 8.97. The highest BCUT2D eigenvalue weighted by molar-refractivity contribution is 9.10. The highest BCUT2D eigenvalue weighted by Gasteiger charge is 2.24. The van der Waals surface area contributed by atoms with Crippen molar-refractivity contribution in [2.24, 2.45) is 0 Å². The fourth-order valence-electron chi connectivity index (χ4n) is 1.17. The van der Waals surface area contributed by atoms with Gasteiger partial charge in [-0.25, -0.2) is 4.39 Å². The summed E-state index contributed by atoms with van der Waals surface area (Å²) < 4.78 is 13.3. The van der Waals surface area contributed by atoms with Crippen LogP contribution in [-0.2, 0) is 0 Å². The smallest absolute Gasteiger partial charge is 0.252 e. The van der Waals surface area contributed by atoms with Crippen molar-refractivity contribution < 1.29 is 9.18 Å². The van der Waals surface area contributed by atoms with E-state index in [1.54, 1.807) is 6.07 Å². The molecule has 2 rings (SSSR count). The molecule has 1 aliphatic rings. The quantitative estimate of drug-likeness (QED) is 0.867. The van der Waals surface area contributed by atoms with Gasteiger partial charge in [0.15, 0.2) is 0 Å².